The van der Waals surface area contributed by atoms with Crippen molar-refractivity contribution in [1.82, 2.24) is 0 Å². The van der Waals surface area contributed by atoms with Gasteiger partial charge < -0.3 is 61.5 Å². The van der Waals surface area contributed by atoms with Gasteiger partial charge in [-0.15, -0.1) is 0 Å². The van der Waals surface area contributed by atoms with Crippen LogP contribution in [0.15, 0.2) is 0 Å². The van der Waals surface area contributed by atoms with Crippen molar-refractivity contribution in [2.75, 3.05) is 0 Å². The van der Waals surface area contributed by atoms with Crippen molar-refractivity contribution in [1.29, 1.82) is 0 Å². The Balaban J connectivity index is -0.0000000104. The van der Waals surface area contributed by atoms with E-state index in [-0.39, 0.29) is 96.3 Å². The molecule has 0 saturated heterocycles. The van der Waals surface area contributed by atoms with E-state index in [1.165, 1.54) is 0 Å². The molecule has 0 aromatic heterocycles. The predicted octanol–water partition coefficient (Wildman–Crippen LogP) is -9.82. The van der Waals surface area contributed by atoms with Gasteiger partial charge in [0, 0.05) is 0 Å². The first-order valence-corrected chi connectivity index (χ1v) is 1.84. The maximum atomic E-state index is 8.33. The molecule has 0 fully saturated rings. The van der Waals surface area contributed by atoms with Crippen LogP contribution < -0.4 is 30.6 Å². The molecule has 2 radical (unpaired) electrons. The topological polar surface area (TPSA) is 284 Å². The quantitative estimate of drug-likeness (QED) is 0.277. The molecule has 0 atom stereocenters. The van der Waals surface area contributed by atoms with E-state index in [1.807, 2.05) is 0 Å². The molecule has 6 N–H and O–H groups in total. The summed E-state index contributed by atoms with van der Waals surface area (Å²) in [7, 11) is 0. The van der Waals surface area contributed by atoms with Gasteiger partial charge in [0.05, 0.1) is 0 Å². The van der Waals surface area contributed by atoms with Crippen molar-refractivity contribution in [3.8, 4) is 0 Å². The number of rotatable bonds is 0. The van der Waals surface area contributed by atoms with E-state index in [9.17, 15) is 0 Å². The van der Waals surface area contributed by atoms with Gasteiger partial charge in [-0.05, 0) is 18.5 Å². The first-order valence-electron chi connectivity index (χ1n) is 1.84. The van der Waals surface area contributed by atoms with Crippen molar-refractivity contribution in [3.05, 3.63) is 0 Å². The van der Waals surface area contributed by atoms with Crippen LogP contribution in [0.25, 0.3) is 0 Å². The molecule has 0 saturated carbocycles. The molecule has 0 aromatic carbocycles. The van der Waals surface area contributed by atoms with Crippen molar-refractivity contribution >= 4 is 18.5 Å². The second kappa shape index (κ2) is 44.1. The molecule has 14 heteroatoms. The van der Waals surface area contributed by atoms with E-state index < -0.39 is 18.5 Å². The average molecular weight is 549 g/mol. The smallest absolute Gasteiger partial charge is 0.652 e. The minimum absolute atomic E-state index is 0. The number of carbonyl (C=O) groups is 3. The molecule has 0 amide bonds. The zero-order valence-electron chi connectivity index (χ0n) is 7.38. The van der Waals surface area contributed by atoms with Gasteiger partial charge in [0.25, 0.3) is 0 Å². The molecule has 0 heterocycles. The van der Waals surface area contributed by atoms with Crippen LogP contribution in [0.5, 0.6) is 0 Å². The van der Waals surface area contributed by atoms with E-state index in [0.717, 1.165) is 0 Å². The molecular formula is C3H6Gd2O12. The number of hydrogen-bond acceptors (Lipinski definition) is 9. The molecule has 0 rings (SSSR count). The summed E-state index contributed by atoms with van der Waals surface area (Å²) >= 11 is 0. The summed E-state index contributed by atoms with van der Waals surface area (Å²) in [6.07, 6.45) is -7.00. The van der Waals surface area contributed by atoms with Gasteiger partial charge in [-0.1, -0.05) is 0 Å². The van der Waals surface area contributed by atoms with Crippen LogP contribution in [0.1, 0.15) is 0 Å². The second-order valence-electron chi connectivity index (χ2n) is 0.750. The van der Waals surface area contributed by atoms with E-state index >= 15 is 0 Å². The summed E-state index contributed by atoms with van der Waals surface area (Å²) in [5, 5.41) is 50.0. The first kappa shape index (κ1) is 53.1. The Morgan fingerprint density at radius 3 is 0.471 bits per heavy atom. The van der Waals surface area contributed by atoms with Gasteiger partial charge in [0.1, 0.15) is 0 Å². The van der Waals surface area contributed by atoms with E-state index in [0.29, 0.717) is 0 Å². The van der Waals surface area contributed by atoms with Gasteiger partial charge >= 0.3 is 79.9 Å². The van der Waals surface area contributed by atoms with Gasteiger partial charge in [-0.2, -0.15) is 0 Å². The standard InChI is InChI=1S/3CH2O3.2Gd.3H2O/c3*2-1(3)4;;;;;/h3*(H2,2,3,4);;;3*1H2/q;;;2*+3;;;/p-6. The Hall–Kier alpha value is 0.339. The molecule has 0 aliphatic heterocycles. The summed E-state index contributed by atoms with van der Waals surface area (Å²) in [6, 6.07) is 0. The Morgan fingerprint density at radius 1 is 0.471 bits per heavy atom. The fraction of sp³-hybridized carbons (Fsp3) is 0. The van der Waals surface area contributed by atoms with Crippen LogP contribution in [0.3, 0.4) is 0 Å². The summed E-state index contributed by atoms with van der Waals surface area (Å²) in [5.41, 5.74) is 0. The van der Waals surface area contributed by atoms with Gasteiger partial charge in [-0.3, -0.25) is 0 Å². The van der Waals surface area contributed by atoms with Crippen molar-refractivity contribution in [3.63, 3.8) is 0 Å². The fourth-order valence-electron chi connectivity index (χ4n) is 0. The number of carboxylic acid groups (broad SMARTS) is 6. The van der Waals surface area contributed by atoms with Crippen LogP contribution in [-0.4, -0.2) is 34.9 Å². The third-order valence-electron chi connectivity index (χ3n) is 0. The van der Waals surface area contributed by atoms with Crippen molar-refractivity contribution in [2.24, 2.45) is 0 Å². The molecule has 0 aliphatic carbocycles. The Labute approximate surface area is 158 Å². The van der Waals surface area contributed by atoms with E-state index in [2.05, 4.69) is 0 Å². The maximum Gasteiger partial charge on any atom is 3.00 e. The van der Waals surface area contributed by atoms with Crippen molar-refractivity contribution < 1.29 is 141 Å². The van der Waals surface area contributed by atoms with Crippen LogP contribution >= 0.6 is 0 Å². The van der Waals surface area contributed by atoms with Gasteiger partial charge in [0.2, 0.25) is 0 Å². The van der Waals surface area contributed by atoms with Crippen LogP contribution in [-0.2, 0) is 0 Å². The molecule has 17 heavy (non-hydrogen) atoms. The SMILES string of the molecule is O.O.O.O=C([O-])[O-].O=C([O-])[O-].O=C([O-])[O-].[Gd+3].[Gd+3]. The predicted molar refractivity (Wildman–Crippen MR) is 27.0 cm³/mol. The zero-order chi connectivity index (χ0) is 10.7. The number of hydrogen-bond donors (Lipinski definition) is 0. The third kappa shape index (κ3) is 29200. The summed E-state index contributed by atoms with van der Waals surface area (Å²) in [4.78, 5) is 25.0. The zero-order valence-corrected chi connectivity index (χ0v) is 11.9. The molecule has 0 aromatic rings. The molecule has 12 nitrogen and oxygen atoms in total. The third-order valence-corrected chi connectivity index (χ3v) is 0. The summed E-state index contributed by atoms with van der Waals surface area (Å²) in [6.45, 7) is 0. The van der Waals surface area contributed by atoms with Gasteiger partial charge in [0.15, 0.2) is 0 Å². The monoisotopic (exact) mass is 550 g/mol. The Bertz CT molecular complexity index is 117. The minimum Gasteiger partial charge on any atom is -0.652 e. The largest absolute Gasteiger partial charge is 3.00 e. The molecular weight excluding hydrogens is 543 g/mol. The van der Waals surface area contributed by atoms with Crippen LogP contribution in [0.2, 0.25) is 0 Å². The molecule has 0 spiro atoms. The Morgan fingerprint density at radius 2 is 0.471 bits per heavy atom. The van der Waals surface area contributed by atoms with Gasteiger partial charge in [-0.25, -0.2) is 0 Å². The normalized spacial score (nSPS) is 4.24. The first-order chi connectivity index (χ1) is 5.20. The summed E-state index contributed by atoms with van der Waals surface area (Å²) < 4.78 is 0. The molecule has 0 aliphatic rings. The fourth-order valence-corrected chi connectivity index (χ4v) is 0. The maximum absolute atomic E-state index is 8.33. The molecule has 0 bridgehead atoms. The summed E-state index contributed by atoms with van der Waals surface area (Å²) in [5.74, 6) is 0. The molecule has 106 valence electrons. The van der Waals surface area contributed by atoms with Crippen molar-refractivity contribution in [2.45, 2.75) is 0 Å². The van der Waals surface area contributed by atoms with E-state index in [1.54, 1.807) is 0 Å². The molecule has 0 unspecified atom stereocenters. The van der Waals surface area contributed by atoms with Crippen LogP contribution in [0, 0.1) is 79.9 Å². The van der Waals surface area contributed by atoms with Crippen LogP contribution in [0.4, 0.5) is 14.4 Å². The van der Waals surface area contributed by atoms with E-state index in [4.69, 9.17) is 45.0 Å². The Kier molecular flexibility index (Phi) is 138. The minimum atomic E-state index is -2.33. The number of carbonyl (C=O) groups excluding carboxylic acids is 3. The average Bonchev–Trinajstić information content (AvgIpc) is 1.54. The second-order valence-corrected chi connectivity index (χ2v) is 0.750.